The van der Waals surface area contributed by atoms with E-state index in [-0.39, 0.29) is 45.9 Å². The lowest BCUT2D eigenvalue weighted by Crippen LogP contribution is -2.06. The topological polar surface area (TPSA) is 143 Å². The lowest BCUT2D eigenvalue weighted by molar-refractivity contribution is -0.385. The van der Waals surface area contributed by atoms with E-state index >= 15 is 0 Å². The first-order valence-electron chi connectivity index (χ1n) is 10.3. The van der Waals surface area contributed by atoms with Gasteiger partial charge in [0.05, 0.1) is 17.0 Å². The Morgan fingerprint density at radius 3 is 2.56 bits per heavy atom. The molecule has 12 heteroatoms. The number of ether oxygens (including phenoxy) is 3. The van der Waals surface area contributed by atoms with Crippen LogP contribution >= 0.6 is 11.6 Å². The molecule has 36 heavy (non-hydrogen) atoms. The third kappa shape index (κ3) is 5.15. The summed E-state index contributed by atoms with van der Waals surface area (Å²) >= 11 is 5.85. The Morgan fingerprint density at radius 1 is 1.06 bits per heavy atom. The van der Waals surface area contributed by atoms with E-state index in [0.29, 0.717) is 16.9 Å². The van der Waals surface area contributed by atoms with Gasteiger partial charge in [0.25, 0.3) is 11.4 Å². The fourth-order valence-electron chi connectivity index (χ4n) is 3.34. The van der Waals surface area contributed by atoms with Gasteiger partial charge in [0.2, 0.25) is 5.90 Å². The monoisotopic (exact) mass is 509 g/mol. The van der Waals surface area contributed by atoms with Crippen molar-refractivity contribution in [2.45, 2.75) is 6.61 Å². The van der Waals surface area contributed by atoms with Gasteiger partial charge in [0.15, 0.2) is 17.2 Å². The number of hydrogen-bond acceptors (Lipinski definition) is 9. The van der Waals surface area contributed by atoms with Crippen LogP contribution in [-0.4, -0.2) is 28.8 Å². The SMILES string of the molecule is COc1cccc(/C=C2\N=C(c3ccc(Cl)c([N+](=O)[O-])c3)OC2=O)c1OCc1cccc([N+](=O)[O-])c1. The van der Waals surface area contributed by atoms with Gasteiger partial charge in [-0.2, -0.15) is 0 Å². The molecule has 0 amide bonds. The number of nitrogens with zero attached hydrogens (tertiary/aromatic N) is 3. The number of benzene rings is 3. The van der Waals surface area contributed by atoms with Crippen LogP contribution in [0.25, 0.3) is 6.08 Å². The minimum absolute atomic E-state index is 0.00830. The van der Waals surface area contributed by atoms with Crippen LogP contribution in [0.5, 0.6) is 11.5 Å². The molecule has 0 spiro atoms. The standard InChI is InChI=1S/C24H16ClN3O8/c1-34-21-7-3-5-15(22(21)35-13-14-4-2-6-17(10-14)27(30)31)11-19-24(29)36-23(26-19)16-8-9-18(25)20(12-16)28(32)33/h2-12H,13H2,1H3/b19-11-. The second kappa shape index (κ2) is 10.2. The van der Waals surface area contributed by atoms with Crippen LogP contribution in [0.3, 0.4) is 0 Å². The molecule has 0 fully saturated rings. The van der Waals surface area contributed by atoms with E-state index in [4.69, 9.17) is 25.8 Å². The quantitative estimate of drug-likeness (QED) is 0.177. The van der Waals surface area contributed by atoms with Gasteiger partial charge in [-0.1, -0.05) is 35.9 Å². The summed E-state index contributed by atoms with van der Waals surface area (Å²) in [5.74, 6) is -0.251. The van der Waals surface area contributed by atoms with Crippen molar-refractivity contribution in [2.24, 2.45) is 4.99 Å². The van der Waals surface area contributed by atoms with Crippen LogP contribution in [-0.2, 0) is 16.1 Å². The number of cyclic esters (lactones) is 1. The van der Waals surface area contributed by atoms with Crippen molar-refractivity contribution in [3.05, 3.63) is 108 Å². The molecule has 1 heterocycles. The minimum Gasteiger partial charge on any atom is -0.493 e. The van der Waals surface area contributed by atoms with Crippen LogP contribution in [0.1, 0.15) is 16.7 Å². The van der Waals surface area contributed by atoms with Gasteiger partial charge in [-0.05, 0) is 29.8 Å². The average molecular weight is 510 g/mol. The van der Waals surface area contributed by atoms with Crippen LogP contribution in [0, 0.1) is 20.2 Å². The largest absolute Gasteiger partial charge is 0.493 e. The zero-order chi connectivity index (χ0) is 25.8. The summed E-state index contributed by atoms with van der Waals surface area (Å²) in [5, 5.41) is 22.2. The zero-order valence-electron chi connectivity index (χ0n) is 18.5. The normalized spacial score (nSPS) is 13.8. The fraction of sp³-hybridized carbons (Fsp3) is 0.0833. The molecule has 182 valence electrons. The third-order valence-electron chi connectivity index (χ3n) is 5.04. The Balaban J connectivity index is 1.66. The highest BCUT2D eigenvalue weighted by atomic mass is 35.5. The van der Waals surface area contributed by atoms with Crippen molar-refractivity contribution in [1.82, 2.24) is 0 Å². The van der Waals surface area contributed by atoms with E-state index in [2.05, 4.69) is 4.99 Å². The fourth-order valence-corrected chi connectivity index (χ4v) is 3.53. The zero-order valence-corrected chi connectivity index (χ0v) is 19.3. The Kier molecular flexibility index (Phi) is 6.93. The first-order chi connectivity index (χ1) is 17.3. The number of hydrogen-bond donors (Lipinski definition) is 0. The molecule has 0 unspecified atom stereocenters. The van der Waals surface area contributed by atoms with E-state index in [0.717, 1.165) is 6.07 Å². The summed E-state index contributed by atoms with van der Waals surface area (Å²) in [7, 11) is 1.44. The Morgan fingerprint density at radius 2 is 1.83 bits per heavy atom. The van der Waals surface area contributed by atoms with Crippen LogP contribution in [0.2, 0.25) is 5.02 Å². The Labute approximate surface area is 208 Å². The maximum Gasteiger partial charge on any atom is 0.363 e. The first kappa shape index (κ1) is 24.4. The molecule has 1 aliphatic heterocycles. The predicted molar refractivity (Wildman–Crippen MR) is 129 cm³/mol. The summed E-state index contributed by atoms with van der Waals surface area (Å²) in [6.07, 6.45) is 1.42. The number of esters is 1. The smallest absolute Gasteiger partial charge is 0.363 e. The number of nitro benzene ring substituents is 2. The highest BCUT2D eigenvalue weighted by Gasteiger charge is 2.27. The lowest BCUT2D eigenvalue weighted by Gasteiger charge is -2.13. The van der Waals surface area contributed by atoms with Crippen molar-refractivity contribution in [2.75, 3.05) is 7.11 Å². The van der Waals surface area contributed by atoms with Gasteiger partial charge in [0.1, 0.15) is 11.6 Å². The van der Waals surface area contributed by atoms with Gasteiger partial charge < -0.3 is 14.2 Å². The number of halogens is 1. The van der Waals surface area contributed by atoms with Crippen LogP contribution in [0.15, 0.2) is 71.4 Å². The highest BCUT2D eigenvalue weighted by Crippen LogP contribution is 2.35. The second-order valence-electron chi connectivity index (χ2n) is 7.35. The molecule has 0 atom stereocenters. The molecule has 0 radical (unpaired) electrons. The van der Waals surface area contributed by atoms with E-state index in [1.807, 2.05) is 0 Å². The highest BCUT2D eigenvalue weighted by molar-refractivity contribution is 6.32. The number of nitro groups is 2. The van der Waals surface area contributed by atoms with Crippen LogP contribution < -0.4 is 9.47 Å². The van der Waals surface area contributed by atoms with Crippen molar-refractivity contribution in [3.63, 3.8) is 0 Å². The minimum atomic E-state index is -0.768. The molecule has 4 rings (SSSR count). The number of non-ortho nitro benzene ring substituents is 1. The van der Waals surface area contributed by atoms with E-state index in [1.165, 1.54) is 37.5 Å². The van der Waals surface area contributed by atoms with Gasteiger partial charge in [0, 0.05) is 29.3 Å². The Hall–Kier alpha value is -4.77. The van der Waals surface area contributed by atoms with E-state index < -0.39 is 15.8 Å². The number of rotatable bonds is 8. The third-order valence-corrected chi connectivity index (χ3v) is 5.36. The Bertz CT molecular complexity index is 1450. The molecule has 0 aliphatic carbocycles. The molecule has 3 aromatic carbocycles. The summed E-state index contributed by atoms with van der Waals surface area (Å²) in [4.78, 5) is 37.7. The van der Waals surface area contributed by atoms with Gasteiger partial charge >= 0.3 is 5.97 Å². The van der Waals surface area contributed by atoms with Crippen molar-refractivity contribution in [1.29, 1.82) is 0 Å². The summed E-state index contributed by atoms with van der Waals surface area (Å²) < 4.78 is 16.5. The average Bonchev–Trinajstić information content (AvgIpc) is 3.23. The summed E-state index contributed by atoms with van der Waals surface area (Å²) in [5.41, 5.74) is 0.690. The number of para-hydroxylation sites is 1. The maximum atomic E-state index is 12.5. The molecule has 11 nitrogen and oxygen atoms in total. The second-order valence-corrected chi connectivity index (χ2v) is 7.76. The number of methoxy groups -OCH3 is 1. The van der Waals surface area contributed by atoms with E-state index in [1.54, 1.807) is 30.3 Å². The lowest BCUT2D eigenvalue weighted by atomic mass is 10.1. The van der Waals surface area contributed by atoms with Crippen LogP contribution in [0.4, 0.5) is 11.4 Å². The molecule has 0 saturated carbocycles. The molecule has 0 saturated heterocycles. The number of aliphatic imine (C=N–C) groups is 1. The van der Waals surface area contributed by atoms with E-state index in [9.17, 15) is 25.0 Å². The summed E-state index contributed by atoms with van der Waals surface area (Å²) in [6, 6.07) is 14.9. The molecule has 3 aromatic rings. The summed E-state index contributed by atoms with van der Waals surface area (Å²) in [6.45, 7) is -0.00830. The van der Waals surface area contributed by atoms with Gasteiger partial charge in [-0.3, -0.25) is 20.2 Å². The predicted octanol–water partition coefficient (Wildman–Crippen LogP) is 5.09. The first-order valence-corrected chi connectivity index (χ1v) is 10.6. The molecule has 0 N–H and O–H groups in total. The van der Waals surface area contributed by atoms with Crippen molar-refractivity contribution >= 4 is 40.9 Å². The van der Waals surface area contributed by atoms with Gasteiger partial charge in [-0.15, -0.1) is 0 Å². The van der Waals surface area contributed by atoms with Crippen molar-refractivity contribution < 1.29 is 28.9 Å². The molecule has 0 bridgehead atoms. The number of carbonyl (C=O) groups is 1. The number of carbonyl (C=O) groups excluding carboxylic acids is 1. The van der Waals surface area contributed by atoms with Gasteiger partial charge in [-0.25, -0.2) is 9.79 Å². The molecule has 1 aliphatic rings. The molecule has 0 aromatic heterocycles. The maximum absolute atomic E-state index is 12.5. The molecular formula is C24H16ClN3O8. The molecular weight excluding hydrogens is 494 g/mol. The van der Waals surface area contributed by atoms with Crippen molar-refractivity contribution in [3.8, 4) is 11.5 Å².